The van der Waals surface area contributed by atoms with Crippen LogP contribution < -0.4 is 0 Å². The van der Waals surface area contributed by atoms with E-state index in [4.69, 9.17) is 0 Å². The Balaban J connectivity index is 2.18. The van der Waals surface area contributed by atoms with Gasteiger partial charge in [0.05, 0.1) is 0 Å². The first-order valence-electron chi connectivity index (χ1n) is 8.75. The van der Waals surface area contributed by atoms with Gasteiger partial charge in [0.1, 0.15) is 17.4 Å². The highest BCUT2D eigenvalue weighted by Gasteiger charge is 2.30. The van der Waals surface area contributed by atoms with Crippen LogP contribution in [0.1, 0.15) is 84.0 Å². The van der Waals surface area contributed by atoms with Gasteiger partial charge < -0.3 is 10.2 Å². The average molecular weight is 310 g/mol. The van der Waals surface area contributed by atoms with Gasteiger partial charge in [-0.1, -0.05) is 58.3 Å². The normalized spacial score (nSPS) is 18.8. The lowest BCUT2D eigenvalue weighted by molar-refractivity contribution is -0.123. The van der Waals surface area contributed by atoms with Crippen LogP contribution in [0.3, 0.4) is 0 Å². The minimum absolute atomic E-state index is 0.143. The van der Waals surface area contributed by atoms with Crippen LogP contribution in [-0.2, 0) is 9.59 Å². The molecule has 0 heterocycles. The van der Waals surface area contributed by atoms with Crippen molar-refractivity contribution in [2.45, 2.75) is 90.1 Å². The van der Waals surface area contributed by atoms with Gasteiger partial charge in [0.15, 0.2) is 11.6 Å². The third kappa shape index (κ3) is 6.30. The predicted molar refractivity (Wildman–Crippen MR) is 86.8 cm³/mol. The molecule has 0 fully saturated rings. The second-order valence-electron chi connectivity index (χ2n) is 6.24. The van der Waals surface area contributed by atoms with Crippen LogP contribution in [0.2, 0.25) is 0 Å². The van der Waals surface area contributed by atoms with Crippen LogP contribution in [0.4, 0.5) is 0 Å². The molecule has 0 spiro atoms. The van der Waals surface area contributed by atoms with Crippen molar-refractivity contribution in [3.8, 4) is 0 Å². The summed E-state index contributed by atoms with van der Waals surface area (Å²) in [5, 5.41) is 19.2. The van der Waals surface area contributed by atoms with Crippen LogP contribution >= 0.6 is 0 Å². The molecular formula is C18H30O4. The largest absolute Gasteiger partial charge is 0.509 e. The average Bonchev–Trinajstić information content (AvgIpc) is 2.50. The van der Waals surface area contributed by atoms with E-state index in [9.17, 15) is 19.8 Å². The highest BCUT2D eigenvalue weighted by atomic mass is 16.3. The van der Waals surface area contributed by atoms with E-state index < -0.39 is 11.9 Å². The van der Waals surface area contributed by atoms with E-state index in [0.717, 1.165) is 19.3 Å². The van der Waals surface area contributed by atoms with Gasteiger partial charge in [0.25, 0.3) is 0 Å². The lowest BCUT2D eigenvalue weighted by Gasteiger charge is -2.18. The molecule has 0 aromatic heterocycles. The number of aliphatic hydroxyl groups excluding tert-OH is 2. The summed E-state index contributed by atoms with van der Waals surface area (Å²) in [6.45, 7) is 2.21. The maximum Gasteiger partial charge on any atom is 0.170 e. The third-order valence-corrected chi connectivity index (χ3v) is 4.28. The van der Waals surface area contributed by atoms with Crippen LogP contribution in [0.15, 0.2) is 11.3 Å². The number of carbonyl (C=O) groups is 2. The second-order valence-corrected chi connectivity index (χ2v) is 6.24. The Morgan fingerprint density at radius 2 is 1.59 bits per heavy atom. The van der Waals surface area contributed by atoms with Gasteiger partial charge in [-0.25, -0.2) is 0 Å². The molecule has 0 amide bonds. The van der Waals surface area contributed by atoms with Crippen molar-refractivity contribution >= 4 is 11.6 Å². The molecule has 2 N–H and O–H groups in total. The molecule has 1 rings (SSSR count). The number of carbonyl (C=O) groups excluding carboxylic acids is 2. The van der Waals surface area contributed by atoms with Gasteiger partial charge in [-0.05, 0) is 12.8 Å². The van der Waals surface area contributed by atoms with Gasteiger partial charge in [-0.15, -0.1) is 0 Å². The van der Waals surface area contributed by atoms with Crippen molar-refractivity contribution in [1.82, 2.24) is 0 Å². The van der Waals surface area contributed by atoms with Crippen molar-refractivity contribution in [2.75, 3.05) is 0 Å². The summed E-state index contributed by atoms with van der Waals surface area (Å²) < 4.78 is 0. The molecule has 0 saturated carbocycles. The number of rotatable bonds is 11. The Hall–Kier alpha value is -1.16. The first kappa shape index (κ1) is 18.9. The van der Waals surface area contributed by atoms with Crippen LogP contribution in [-0.4, -0.2) is 27.9 Å². The fraction of sp³-hybridized carbons (Fsp3) is 0.778. The molecule has 1 aliphatic rings. The molecule has 0 aromatic carbocycles. The maximum atomic E-state index is 12.0. The van der Waals surface area contributed by atoms with Crippen LogP contribution in [0.25, 0.3) is 0 Å². The maximum absolute atomic E-state index is 12.0. The Labute approximate surface area is 133 Å². The molecule has 22 heavy (non-hydrogen) atoms. The summed E-state index contributed by atoms with van der Waals surface area (Å²) in [5.41, 5.74) is -0.154. The Bertz CT molecular complexity index is 398. The highest BCUT2D eigenvalue weighted by Crippen LogP contribution is 2.23. The van der Waals surface area contributed by atoms with E-state index in [1.165, 1.54) is 38.5 Å². The molecule has 0 bridgehead atoms. The Morgan fingerprint density at radius 1 is 1.05 bits per heavy atom. The zero-order valence-electron chi connectivity index (χ0n) is 13.8. The molecule has 4 nitrogen and oxygen atoms in total. The Kier molecular flexibility index (Phi) is 9.05. The number of ketones is 2. The zero-order chi connectivity index (χ0) is 16.4. The minimum atomic E-state index is -1.06. The summed E-state index contributed by atoms with van der Waals surface area (Å²) in [6, 6.07) is 0. The van der Waals surface area contributed by atoms with Gasteiger partial charge in [0.2, 0.25) is 0 Å². The number of Topliss-reactive ketones (excluding diaryl/α,β-unsaturated/α-hetero) is 2. The summed E-state index contributed by atoms with van der Waals surface area (Å²) in [6.07, 6.45) is 10.0. The van der Waals surface area contributed by atoms with Crippen LogP contribution in [0, 0.1) is 0 Å². The summed E-state index contributed by atoms with van der Waals surface area (Å²) in [5.74, 6) is -1.06. The fourth-order valence-electron chi connectivity index (χ4n) is 2.86. The van der Waals surface area contributed by atoms with E-state index in [0.29, 0.717) is 0 Å². The molecule has 1 unspecified atom stereocenters. The first-order valence-corrected chi connectivity index (χ1v) is 8.75. The summed E-state index contributed by atoms with van der Waals surface area (Å²) in [4.78, 5) is 23.7. The van der Waals surface area contributed by atoms with Crippen molar-refractivity contribution < 1.29 is 19.8 Å². The van der Waals surface area contributed by atoms with Crippen LogP contribution in [0.5, 0.6) is 0 Å². The van der Waals surface area contributed by atoms with Gasteiger partial charge in [0, 0.05) is 12.8 Å². The molecule has 0 aliphatic heterocycles. The molecule has 1 atom stereocenters. The highest BCUT2D eigenvalue weighted by molar-refractivity contribution is 6.21. The quantitative estimate of drug-likeness (QED) is 0.446. The monoisotopic (exact) mass is 310 g/mol. The van der Waals surface area contributed by atoms with E-state index in [2.05, 4.69) is 6.92 Å². The SMILES string of the molecule is CCCCCCCCCCCC(=O)C1=C(O)C(O)CCC1=O. The molecule has 0 saturated heterocycles. The standard InChI is InChI=1S/C18H30O4/c1-2-3-4-5-6-7-8-9-10-11-14(19)17-15(20)12-13-16(21)18(17)22/h16,21-22H,2-13H2,1H3. The summed E-state index contributed by atoms with van der Waals surface area (Å²) >= 11 is 0. The molecule has 4 heteroatoms. The Morgan fingerprint density at radius 3 is 2.18 bits per heavy atom. The number of hydrogen-bond donors (Lipinski definition) is 2. The number of hydrogen-bond acceptors (Lipinski definition) is 4. The third-order valence-electron chi connectivity index (χ3n) is 4.28. The molecule has 1 aliphatic carbocycles. The van der Waals surface area contributed by atoms with Gasteiger partial charge >= 0.3 is 0 Å². The van der Waals surface area contributed by atoms with E-state index in [-0.39, 0.29) is 36.4 Å². The molecule has 126 valence electrons. The smallest absolute Gasteiger partial charge is 0.170 e. The van der Waals surface area contributed by atoms with Gasteiger partial charge in [-0.3, -0.25) is 9.59 Å². The lowest BCUT2D eigenvalue weighted by Crippen LogP contribution is -2.27. The van der Waals surface area contributed by atoms with E-state index in [1.807, 2.05) is 0 Å². The minimum Gasteiger partial charge on any atom is -0.509 e. The zero-order valence-corrected chi connectivity index (χ0v) is 13.8. The number of allylic oxidation sites excluding steroid dienone is 1. The topological polar surface area (TPSA) is 74.6 Å². The molecular weight excluding hydrogens is 280 g/mol. The molecule has 0 aromatic rings. The second kappa shape index (κ2) is 10.5. The number of unbranched alkanes of at least 4 members (excludes halogenated alkanes) is 8. The van der Waals surface area contributed by atoms with E-state index in [1.54, 1.807) is 0 Å². The number of aliphatic hydroxyl groups is 2. The summed E-state index contributed by atoms with van der Waals surface area (Å²) in [7, 11) is 0. The van der Waals surface area contributed by atoms with E-state index >= 15 is 0 Å². The van der Waals surface area contributed by atoms with Crippen molar-refractivity contribution in [2.24, 2.45) is 0 Å². The van der Waals surface area contributed by atoms with Crippen molar-refractivity contribution in [1.29, 1.82) is 0 Å². The van der Waals surface area contributed by atoms with Gasteiger partial charge in [-0.2, -0.15) is 0 Å². The first-order chi connectivity index (χ1) is 10.6. The van der Waals surface area contributed by atoms with Crippen molar-refractivity contribution in [3.63, 3.8) is 0 Å². The molecule has 0 radical (unpaired) electrons. The fourth-order valence-corrected chi connectivity index (χ4v) is 2.86. The predicted octanol–water partition coefficient (Wildman–Crippen LogP) is 4.01. The lowest BCUT2D eigenvalue weighted by atomic mass is 9.89. The van der Waals surface area contributed by atoms with Crippen molar-refractivity contribution in [3.05, 3.63) is 11.3 Å².